The average Bonchev–Trinajstić information content (AvgIpc) is 2.14. The molecular formula is C10H16N2O. The Morgan fingerprint density at radius 1 is 1.38 bits per heavy atom. The highest BCUT2D eigenvalue weighted by molar-refractivity contribution is 5.35. The Hall–Kier alpha value is -1.25. The molecule has 0 bridgehead atoms. The lowest BCUT2D eigenvalue weighted by molar-refractivity contribution is 0.624. The molecule has 0 saturated carbocycles. The monoisotopic (exact) mass is 180 g/mol. The van der Waals surface area contributed by atoms with E-state index in [1.807, 2.05) is 13.0 Å². The second-order valence-corrected chi connectivity index (χ2v) is 3.09. The van der Waals surface area contributed by atoms with Crippen molar-refractivity contribution in [1.82, 2.24) is 4.57 Å². The first-order valence-corrected chi connectivity index (χ1v) is 4.68. The molecule has 3 nitrogen and oxygen atoms in total. The molecular weight excluding hydrogens is 164 g/mol. The van der Waals surface area contributed by atoms with Crippen LogP contribution in [0.15, 0.2) is 16.9 Å². The highest BCUT2D eigenvalue weighted by Crippen LogP contribution is 2.02. The fourth-order valence-electron chi connectivity index (χ4n) is 1.41. The van der Waals surface area contributed by atoms with Crippen molar-refractivity contribution in [3.8, 4) is 0 Å². The number of nitrogens with two attached hydrogens (primary N) is 1. The number of pyridine rings is 1. The zero-order chi connectivity index (χ0) is 9.84. The maximum Gasteiger partial charge on any atom is 0.273 e. The summed E-state index contributed by atoms with van der Waals surface area (Å²) in [5.41, 5.74) is 6.88. The summed E-state index contributed by atoms with van der Waals surface area (Å²) in [4.78, 5) is 11.6. The molecule has 1 heterocycles. The summed E-state index contributed by atoms with van der Waals surface area (Å²) in [7, 11) is 0. The van der Waals surface area contributed by atoms with Crippen LogP contribution in [0.4, 0.5) is 5.69 Å². The van der Waals surface area contributed by atoms with Crippen LogP contribution in [-0.2, 0) is 13.0 Å². The molecule has 72 valence electrons. The lowest BCUT2D eigenvalue weighted by Crippen LogP contribution is -2.25. The fraction of sp³-hybridized carbons (Fsp3) is 0.500. The number of hydrogen-bond acceptors (Lipinski definition) is 2. The maximum absolute atomic E-state index is 11.6. The normalized spacial score (nSPS) is 10.3. The minimum absolute atomic E-state index is 0.0544. The van der Waals surface area contributed by atoms with Gasteiger partial charge in [0.15, 0.2) is 0 Å². The average molecular weight is 180 g/mol. The Balaban J connectivity index is 3.24. The number of anilines is 1. The van der Waals surface area contributed by atoms with Gasteiger partial charge in [-0.2, -0.15) is 0 Å². The number of aryl methyl sites for hydroxylation is 1. The lowest BCUT2D eigenvalue weighted by Gasteiger charge is -2.10. The molecule has 3 heteroatoms. The van der Waals surface area contributed by atoms with Gasteiger partial charge >= 0.3 is 0 Å². The van der Waals surface area contributed by atoms with Gasteiger partial charge in [0.2, 0.25) is 0 Å². The minimum atomic E-state index is -0.0544. The Labute approximate surface area is 78.2 Å². The summed E-state index contributed by atoms with van der Waals surface area (Å²) < 4.78 is 1.76. The highest BCUT2D eigenvalue weighted by atomic mass is 16.1. The molecule has 0 atom stereocenters. The van der Waals surface area contributed by atoms with E-state index in [1.165, 1.54) is 0 Å². The first kappa shape index (κ1) is 9.84. The van der Waals surface area contributed by atoms with Crippen molar-refractivity contribution in [2.45, 2.75) is 33.2 Å². The zero-order valence-corrected chi connectivity index (χ0v) is 8.21. The van der Waals surface area contributed by atoms with E-state index in [0.29, 0.717) is 5.69 Å². The van der Waals surface area contributed by atoms with Crippen LogP contribution in [0.5, 0.6) is 0 Å². The molecule has 0 aliphatic carbocycles. The van der Waals surface area contributed by atoms with Crippen LogP contribution in [0, 0.1) is 0 Å². The molecule has 0 unspecified atom stereocenters. The van der Waals surface area contributed by atoms with Gasteiger partial charge in [0.1, 0.15) is 0 Å². The van der Waals surface area contributed by atoms with E-state index in [2.05, 4.69) is 6.92 Å². The molecule has 0 radical (unpaired) electrons. The van der Waals surface area contributed by atoms with Crippen LogP contribution < -0.4 is 11.3 Å². The van der Waals surface area contributed by atoms with Gasteiger partial charge in [0.05, 0.1) is 5.69 Å². The first-order chi connectivity index (χ1) is 6.20. The topological polar surface area (TPSA) is 48.0 Å². The quantitative estimate of drug-likeness (QED) is 0.764. The molecule has 1 aromatic heterocycles. The van der Waals surface area contributed by atoms with Crippen LogP contribution in [0.2, 0.25) is 0 Å². The molecule has 0 fully saturated rings. The smallest absolute Gasteiger partial charge is 0.273 e. The second kappa shape index (κ2) is 4.12. The maximum atomic E-state index is 11.6. The van der Waals surface area contributed by atoms with Crippen LogP contribution in [0.1, 0.15) is 26.0 Å². The van der Waals surface area contributed by atoms with Crippen molar-refractivity contribution in [3.05, 3.63) is 28.2 Å². The van der Waals surface area contributed by atoms with Gasteiger partial charge in [-0.25, -0.2) is 0 Å². The van der Waals surface area contributed by atoms with Crippen LogP contribution in [0.3, 0.4) is 0 Å². The summed E-state index contributed by atoms with van der Waals surface area (Å²) in [6, 6.07) is 3.61. The molecule has 1 aromatic rings. The molecule has 2 N–H and O–H groups in total. The van der Waals surface area contributed by atoms with Gasteiger partial charge in [-0.05, 0) is 25.0 Å². The molecule has 13 heavy (non-hydrogen) atoms. The van der Waals surface area contributed by atoms with Crippen molar-refractivity contribution in [1.29, 1.82) is 0 Å². The third kappa shape index (κ3) is 1.91. The number of nitrogens with zero attached hydrogens (tertiary/aromatic N) is 1. The third-order valence-electron chi connectivity index (χ3n) is 2.10. The highest BCUT2D eigenvalue weighted by Gasteiger charge is 2.03. The Kier molecular flexibility index (Phi) is 3.12. The standard InChI is InChI=1S/C10H16N2O/c1-3-7-12-8(4-2)5-6-9(11)10(12)13/h5-6H,3-4,7,11H2,1-2H3. The van der Waals surface area contributed by atoms with Crippen molar-refractivity contribution in [2.24, 2.45) is 0 Å². The zero-order valence-electron chi connectivity index (χ0n) is 8.21. The van der Waals surface area contributed by atoms with Gasteiger partial charge in [-0.1, -0.05) is 13.8 Å². The van der Waals surface area contributed by atoms with Crippen molar-refractivity contribution in [2.75, 3.05) is 5.73 Å². The number of rotatable bonds is 3. The number of hydrogen-bond donors (Lipinski definition) is 1. The second-order valence-electron chi connectivity index (χ2n) is 3.09. The number of aromatic nitrogens is 1. The SMILES string of the molecule is CCCn1c(CC)ccc(N)c1=O. The van der Waals surface area contributed by atoms with Crippen molar-refractivity contribution < 1.29 is 0 Å². The van der Waals surface area contributed by atoms with E-state index in [-0.39, 0.29) is 5.56 Å². The summed E-state index contributed by atoms with van der Waals surface area (Å²) in [5.74, 6) is 0. The van der Waals surface area contributed by atoms with E-state index in [9.17, 15) is 4.79 Å². The van der Waals surface area contributed by atoms with Gasteiger partial charge in [-0.15, -0.1) is 0 Å². The van der Waals surface area contributed by atoms with Crippen LogP contribution in [-0.4, -0.2) is 4.57 Å². The van der Waals surface area contributed by atoms with Gasteiger partial charge in [0, 0.05) is 12.2 Å². The van der Waals surface area contributed by atoms with E-state index < -0.39 is 0 Å². The predicted molar refractivity (Wildman–Crippen MR) is 54.8 cm³/mol. The predicted octanol–water partition coefficient (Wildman–Crippen LogP) is 1.40. The van der Waals surface area contributed by atoms with Gasteiger partial charge in [-0.3, -0.25) is 4.79 Å². The van der Waals surface area contributed by atoms with Gasteiger partial charge in [0.25, 0.3) is 5.56 Å². The molecule has 0 amide bonds. The number of nitrogen functional groups attached to an aromatic ring is 1. The molecule has 0 aromatic carbocycles. The van der Waals surface area contributed by atoms with Crippen LogP contribution >= 0.6 is 0 Å². The van der Waals surface area contributed by atoms with E-state index >= 15 is 0 Å². The Morgan fingerprint density at radius 3 is 2.62 bits per heavy atom. The fourth-order valence-corrected chi connectivity index (χ4v) is 1.41. The third-order valence-corrected chi connectivity index (χ3v) is 2.10. The summed E-state index contributed by atoms with van der Waals surface area (Å²) >= 11 is 0. The Morgan fingerprint density at radius 2 is 2.08 bits per heavy atom. The van der Waals surface area contributed by atoms with E-state index in [1.54, 1.807) is 10.6 Å². The lowest BCUT2D eigenvalue weighted by atomic mass is 10.2. The summed E-state index contributed by atoms with van der Waals surface area (Å²) in [5, 5.41) is 0. The summed E-state index contributed by atoms with van der Waals surface area (Å²) in [6.07, 6.45) is 1.83. The molecule has 0 aliphatic rings. The first-order valence-electron chi connectivity index (χ1n) is 4.68. The van der Waals surface area contributed by atoms with Crippen molar-refractivity contribution >= 4 is 5.69 Å². The van der Waals surface area contributed by atoms with Gasteiger partial charge < -0.3 is 10.3 Å². The largest absolute Gasteiger partial charge is 0.394 e. The minimum Gasteiger partial charge on any atom is -0.394 e. The van der Waals surface area contributed by atoms with Crippen molar-refractivity contribution in [3.63, 3.8) is 0 Å². The van der Waals surface area contributed by atoms with E-state index in [0.717, 1.165) is 25.1 Å². The molecule has 0 saturated heterocycles. The summed E-state index contributed by atoms with van der Waals surface area (Å²) in [6.45, 7) is 4.85. The van der Waals surface area contributed by atoms with E-state index in [4.69, 9.17) is 5.73 Å². The van der Waals surface area contributed by atoms with Crippen LogP contribution in [0.25, 0.3) is 0 Å². The Bertz CT molecular complexity index is 341. The molecule has 0 aliphatic heterocycles. The molecule has 0 spiro atoms. The molecule has 1 rings (SSSR count).